The van der Waals surface area contributed by atoms with Gasteiger partial charge in [-0.2, -0.15) is 0 Å². The second-order valence-corrected chi connectivity index (χ2v) is 9.61. The predicted octanol–water partition coefficient (Wildman–Crippen LogP) is 4.21. The maximum atomic E-state index is 13.4. The fourth-order valence-electron chi connectivity index (χ4n) is 5.60. The first-order chi connectivity index (χ1) is 16.5. The number of aromatic nitrogens is 1. The van der Waals surface area contributed by atoms with E-state index in [0.29, 0.717) is 22.9 Å². The molecule has 0 aliphatic carbocycles. The minimum atomic E-state index is -0.927. The quantitative estimate of drug-likeness (QED) is 0.595. The van der Waals surface area contributed by atoms with Gasteiger partial charge in [0.05, 0.1) is 11.1 Å². The largest absolute Gasteiger partial charge is 0.480 e. The number of aliphatic carboxylic acids is 1. The predicted molar refractivity (Wildman–Crippen MR) is 128 cm³/mol. The minimum Gasteiger partial charge on any atom is -0.480 e. The van der Waals surface area contributed by atoms with E-state index in [1.807, 2.05) is 35.2 Å². The average Bonchev–Trinajstić information content (AvgIpc) is 3.47. The van der Waals surface area contributed by atoms with Crippen molar-refractivity contribution in [2.45, 2.75) is 31.7 Å². The fraction of sp³-hybridized carbons (Fsp3) is 0.407. The van der Waals surface area contributed by atoms with Crippen molar-refractivity contribution in [2.75, 3.05) is 32.7 Å². The van der Waals surface area contributed by atoms with Gasteiger partial charge in [-0.05, 0) is 74.0 Å². The number of carbonyl (C=O) groups is 2. The Morgan fingerprint density at radius 1 is 0.971 bits per heavy atom. The van der Waals surface area contributed by atoms with Crippen LogP contribution in [0.2, 0.25) is 0 Å². The summed E-state index contributed by atoms with van der Waals surface area (Å²) in [5, 5.41) is 10.1. The number of carboxylic acid groups (broad SMARTS) is 1. The smallest absolute Gasteiger partial charge is 0.323 e. The Morgan fingerprint density at radius 3 is 2.47 bits per heavy atom. The number of benzene rings is 2. The zero-order valence-electron chi connectivity index (χ0n) is 19.2. The first kappa shape index (κ1) is 22.6. The van der Waals surface area contributed by atoms with Crippen LogP contribution >= 0.6 is 0 Å². The van der Waals surface area contributed by atoms with Gasteiger partial charge in [0.2, 0.25) is 0 Å². The van der Waals surface area contributed by atoms with Crippen molar-refractivity contribution in [3.05, 3.63) is 71.7 Å². The van der Waals surface area contributed by atoms with Gasteiger partial charge in [-0.3, -0.25) is 9.59 Å². The summed E-state index contributed by atoms with van der Waals surface area (Å²) in [7, 11) is 0. The molecule has 1 N–H and O–H groups in total. The van der Waals surface area contributed by atoms with Gasteiger partial charge in [0.1, 0.15) is 12.4 Å². The number of fused-ring (bicyclic) bond motifs is 1. The molecule has 5 rings (SSSR count). The van der Waals surface area contributed by atoms with Crippen LogP contribution in [0.5, 0.6) is 0 Å². The number of carboxylic acids is 1. The van der Waals surface area contributed by atoms with E-state index in [-0.39, 0.29) is 18.3 Å². The number of nitrogens with zero attached hydrogens (tertiary/aromatic N) is 3. The lowest BCUT2D eigenvalue weighted by Crippen LogP contribution is -2.38. The zero-order valence-corrected chi connectivity index (χ0v) is 19.2. The fourth-order valence-corrected chi connectivity index (χ4v) is 5.60. The minimum absolute atomic E-state index is 0.0199. The highest BCUT2D eigenvalue weighted by atomic mass is 19.1. The third-order valence-electron chi connectivity index (χ3n) is 7.34. The van der Waals surface area contributed by atoms with Gasteiger partial charge in [-0.25, -0.2) is 4.39 Å². The van der Waals surface area contributed by atoms with Crippen LogP contribution in [0.3, 0.4) is 0 Å². The standard InChI is InChI=1S/C27H30FN3O3/c28-23-6-4-20(5-7-23)21-9-12-29(13-10-21)16-19-8-14-31(17-19)27(34)24-3-1-2-22-11-15-30(26(22)24)18-25(32)33/h1-7,11,15,19,21H,8-10,12-14,16-18H2,(H,32,33)/t19-/m1/s1. The van der Waals surface area contributed by atoms with Crippen molar-refractivity contribution >= 4 is 22.8 Å². The van der Waals surface area contributed by atoms with E-state index in [4.69, 9.17) is 0 Å². The molecule has 0 radical (unpaired) electrons. The Balaban J connectivity index is 1.19. The third kappa shape index (κ3) is 4.71. The molecular weight excluding hydrogens is 433 g/mol. The van der Waals surface area contributed by atoms with Crippen LogP contribution in [0.25, 0.3) is 10.9 Å². The van der Waals surface area contributed by atoms with E-state index in [2.05, 4.69) is 4.90 Å². The van der Waals surface area contributed by atoms with Crippen LogP contribution in [-0.4, -0.2) is 64.1 Å². The van der Waals surface area contributed by atoms with Crippen LogP contribution < -0.4 is 0 Å². The van der Waals surface area contributed by atoms with Gasteiger partial charge in [-0.1, -0.05) is 24.3 Å². The molecule has 0 bridgehead atoms. The summed E-state index contributed by atoms with van der Waals surface area (Å²) in [6.07, 6.45) is 4.86. The number of likely N-dealkylation sites (tertiary alicyclic amines) is 2. The molecule has 2 saturated heterocycles. The Hall–Kier alpha value is -3.19. The number of hydrogen-bond donors (Lipinski definition) is 1. The van der Waals surface area contributed by atoms with Gasteiger partial charge in [-0.15, -0.1) is 0 Å². The molecule has 34 heavy (non-hydrogen) atoms. The van der Waals surface area contributed by atoms with E-state index in [0.717, 1.165) is 57.4 Å². The SMILES string of the molecule is O=C(O)Cn1ccc2cccc(C(=O)N3CC[C@H](CN4CCC(c5ccc(F)cc5)CC4)C3)c21. The van der Waals surface area contributed by atoms with Crippen LogP contribution in [0.4, 0.5) is 4.39 Å². The Bertz CT molecular complexity index is 1180. The Kier molecular flexibility index (Phi) is 6.37. The highest BCUT2D eigenvalue weighted by molar-refractivity contribution is 6.06. The molecule has 2 fully saturated rings. The lowest BCUT2D eigenvalue weighted by Gasteiger charge is -2.33. The topological polar surface area (TPSA) is 65.8 Å². The maximum Gasteiger partial charge on any atom is 0.323 e. The van der Waals surface area contributed by atoms with Crippen molar-refractivity contribution in [2.24, 2.45) is 5.92 Å². The maximum absolute atomic E-state index is 13.4. The monoisotopic (exact) mass is 463 g/mol. The summed E-state index contributed by atoms with van der Waals surface area (Å²) in [4.78, 5) is 29.1. The van der Waals surface area contributed by atoms with Crippen LogP contribution in [-0.2, 0) is 11.3 Å². The van der Waals surface area contributed by atoms with Crippen molar-refractivity contribution in [3.63, 3.8) is 0 Å². The molecule has 178 valence electrons. The number of hydrogen-bond acceptors (Lipinski definition) is 3. The summed E-state index contributed by atoms with van der Waals surface area (Å²) in [5.74, 6) is -0.206. The Morgan fingerprint density at radius 2 is 1.74 bits per heavy atom. The molecular formula is C27H30FN3O3. The van der Waals surface area contributed by atoms with Gasteiger partial charge in [0.25, 0.3) is 5.91 Å². The van der Waals surface area contributed by atoms with E-state index >= 15 is 0 Å². The summed E-state index contributed by atoms with van der Waals surface area (Å²) in [5.41, 5.74) is 2.49. The van der Waals surface area contributed by atoms with Crippen LogP contribution in [0.15, 0.2) is 54.7 Å². The lowest BCUT2D eigenvalue weighted by atomic mass is 9.89. The summed E-state index contributed by atoms with van der Waals surface area (Å²) >= 11 is 0. The first-order valence-electron chi connectivity index (χ1n) is 12.0. The summed E-state index contributed by atoms with van der Waals surface area (Å²) < 4.78 is 14.9. The molecule has 2 aliphatic rings. The average molecular weight is 464 g/mol. The number of piperidine rings is 1. The molecule has 7 heteroatoms. The van der Waals surface area contributed by atoms with E-state index in [9.17, 15) is 19.1 Å². The molecule has 1 aromatic heterocycles. The third-order valence-corrected chi connectivity index (χ3v) is 7.34. The first-order valence-corrected chi connectivity index (χ1v) is 12.0. The summed E-state index contributed by atoms with van der Waals surface area (Å²) in [6, 6.07) is 14.3. The highest BCUT2D eigenvalue weighted by Gasteiger charge is 2.31. The van der Waals surface area contributed by atoms with Gasteiger partial charge < -0.3 is 19.5 Å². The number of para-hydroxylation sites is 1. The number of rotatable bonds is 6. The van der Waals surface area contributed by atoms with E-state index in [1.54, 1.807) is 29.0 Å². The van der Waals surface area contributed by atoms with Crippen molar-refractivity contribution in [1.29, 1.82) is 0 Å². The van der Waals surface area contributed by atoms with E-state index < -0.39 is 5.97 Å². The van der Waals surface area contributed by atoms with E-state index in [1.165, 1.54) is 5.56 Å². The normalized spacial score (nSPS) is 19.7. The zero-order chi connectivity index (χ0) is 23.7. The number of amides is 1. The number of carbonyl (C=O) groups excluding carboxylic acids is 1. The van der Waals surface area contributed by atoms with Gasteiger partial charge >= 0.3 is 5.97 Å². The second-order valence-electron chi connectivity index (χ2n) is 9.61. The second kappa shape index (κ2) is 9.58. The van der Waals surface area contributed by atoms with Crippen molar-refractivity contribution in [1.82, 2.24) is 14.4 Å². The molecule has 3 heterocycles. The molecule has 6 nitrogen and oxygen atoms in total. The molecule has 0 saturated carbocycles. The molecule has 3 aromatic rings. The highest BCUT2D eigenvalue weighted by Crippen LogP contribution is 2.30. The van der Waals surface area contributed by atoms with Gasteiger partial charge in [0.15, 0.2) is 0 Å². The molecule has 1 atom stereocenters. The lowest BCUT2D eigenvalue weighted by molar-refractivity contribution is -0.137. The number of halogens is 1. The summed E-state index contributed by atoms with van der Waals surface area (Å²) in [6.45, 7) is 4.32. The molecule has 0 unspecified atom stereocenters. The van der Waals surface area contributed by atoms with Crippen LogP contribution in [0.1, 0.15) is 41.1 Å². The van der Waals surface area contributed by atoms with Gasteiger partial charge in [0, 0.05) is 31.2 Å². The molecule has 2 aliphatic heterocycles. The van der Waals surface area contributed by atoms with Crippen LogP contribution in [0, 0.1) is 11.7 Å². The molecule has 0 spiro atoms. The molecule has 2 aromatic carbocycles. The van der Waals surface area contributed by atoms with Crippen molar-refractivity contribution < 1.29 is 19.1 Å². The molecule has 1 amide bonds. The van der Waals surface area contributed by atoms with Crippen molar-refractivity contribution in [3.8, 4) is 0 Å². The Labute approximate surface area is 198 Å².